The van der Waals surface area contributed by atoms with Crippen LogP contribution in [0.1, 0.15) is 61.0 Å². The second kappa shape index (κ2) is 13.2. The molecule has 6 rings (SSSR count). The van der Waals surface area contributed by atoms with Crippen LogP contribution in [0.4, 0.5) is 0 Å². The van der Waals surface area contributed by atoms with Crippen LogP contribution >= 0.6 is 12.4 Å². The van der Waals surface area contributed by atoms with Crippen LogP contribution in [0, 0.1) is 0 Å². The molecule has 1 amide bonds. The normalized spacial score (nSPS) is 20.8. The molecule has 0 unspecified atom stereocenters. The van der Waals surface area contributed by atoms with Crippen LogP contribution in [-0.2, 0) is 0 Å². The smallest absolute Gasteiger partial charge is 0.253 e. The van der Waals surface area contributed by atoms with E-state index in [1.54, 1.807) is 0 Å². The second-order valence-electron chi connectivity index (χ2n) is 11.5. The predicted molar refractivity (Wildman–Crippen MR) is 172 cm³/mol. The first-order valence-electron chi connectivity index (χ1n) is 15.0. The Hall–Kier alpha value is -3.45. The van der Waals surface area contributed by atoms with Gasteiger partial charge in [0, 0.05) is 41.7 Å². The first kappa shape index (κ1) is 30.0. The number of benzene rings is 3. The van der Waals surface area contributed by atoms with Gasteiger partial charge in [0.15, 0.2) is 5.75 Å². The number of fused-ring (bicyclic) bond motifs is 3. The quantitative estimate of drug-likeness (QED) is 0.220. The molecular weight excluding hydrogens is 544 g/mol. The molecule has 0 radical (unpaired) electrons. The van der Waals surface area contributed by atoms with E-state index in [1.807, 2.05) is 54.6 Å². The SMILES string of the molecule is CC[C@@H](c1ccccc1)N(CCOc1c(-c2ccccc2)nc2ccccc2c1C(N)=O)C1C[C@@H]2CC[C@@H](C1)N2C.Cl. The van der Waals surface area contributed by atoms with E-state index in [1.165, 1.54) is 31.2 Å². The van der Waals surface area contributed by atoms with Crippen molar-refractivity contribution in [1.82, 2.24) is 14.8 Å². The van der Waals surface area contributed by atoms with Gasteiger partial charge in [0.25, 0.3) is 5.91 Å². The number of carbonyl (C=O) groups is 1. The number of rotatable bonds is 10. The minimum absolute atomic E-state index is 0. The highest BCUT2D eigenvalue weighted by molar-refractivity contribution is 6.09. The number of hydrogen-bond donors (Lipinski definition) is 1. The first-order valence-corrected chi connectivity index (χ1v) is 15.0. The Kier molecular flexibility index (Phi) is 9.47. The summed E-state index contributed by atoms with van der Waals surface area (Å²) in [5.41, 5.74) is 10.0. The number of ether oxygens (including phenoxy) is 1. The van der Waals surface area contributed by atoms with Gasteiger partial charge in [0.1, 0.15) is 12.3 Å². The highest BCUT2D eigenvalue weighted by atomic mass is 35.5. The lowest BCUT2D eigenvalue weighted by atomic mass is 9.92. The van der Waals surface area contributed by atoms with Crippen molar-refractivity contribution in [2.24, 2.45) is 5.73 Å². The van der Waals surface area contributed by atoms with E-state index in [4.69, 9.17) is 15.5 Å². The Morgan fingerprint density at radius 2 is 1.60 bits per heavy atom. The van der Waals surface area contributed by atoms with Crippen molar-refractivity contribution < 1.29 is 9.53 Å². The second-order valence-corrected chi connectivity index (χ2v) is 11.5. The first-order chi connectivity index (χ1) is 20.0. The molecule has 2 saturated heterocycles. The zero-order chi connectivity index (χ0) is 28.3. The molecule has 3 atom stereocenters. The van der Waals surface area contributed by atoms with Crippen molar-refractivity contribution in [3.05, 3.63) is 96.1 Å². The Labute approximate surface area is 255 Å². The van der Waals surface area contributed by atoms with Gasteiger partial charge in [-0.15, -0.1) is 12.4 Å². The minimum atomic E-state index is -0.504. The Balaban J connectivity index is 0.00000353. The maximum absolute atomic E-state index is 12.9. The van der Waals surface area contributed by atoms with Crippen LogP contribution in [0.3, 0.4) is 0 Å². The number of amides is 1. The number of para-hydroxylation sites is 1. The van der Waals surface area contributed by atoms with Crippen molar-refractivity contribution >= 4 is 29.2 Å². The molecule has 0 aliphatic carbocycles. The van der Waals surface area contributed by atoms with Gasteiger partial charge in [-0.1, -0.05) is 85.8 Å². The van der Waals surface area contributed by atoms with Crippen molar-refractivity contribution in [3.63, 3.8) is 0 Å². The number of halogens is 1. The highest BCUT2D eigenvalue weighted by Gasteiger charge is 2.41. The fraction of sp³-hybridized carbons (Fsp3) is 0.371. The van der Waals surface area contributed by atoms with E-state index in [9.17, 15) is 4.79 Å². The summed E-state index contributed by atoms with van der Waals surface area (Å²) in [4.78, 5) is 23.1. The van der Waals surface area contributed by atoms with E-state index < -0.39 is 5.91 Å². The third-order valence-electron chi connectivity index (χ3n) is 9.25. The van der Waals surface area contributed by atoms with Crippen LogP contribution in [-0.4, -0.2) is 59.0 Å². The molecule has 42 heavy (non-hydrogen) atoms. The summed E-state index contributed by atoms with van der Waals surface area (Å²) in [5, 5.41) is 0.717. The number of nitrogens with two attached hydrogens (primary N) is 1. The summed E-state index contributed by atoms with van der Waals surface area (Å²) in [5.74, 6) is -0.0335. The van der Waals surface area contributed by atoms with E-state index >= 15 is 0 Å². The van der Waals surface area contributed by atoms with Gasteiger partial charge in [-0.3, -0.25) is 9.69 Å². The van der Waals surface area contributed by atoms with Crippen molar-refractivity contribution in [2.75, 3.05) is 20.2 Å². The van der Waals surface area contributed by atoms with E-state index in [-0.39, 0.29) is 12.4 Å². The number of pyridine rings is 1. The molecule has 7 heteroatoms. The van der Waals surface area contributed by atoms with Gasteiger partial charge >= 0.3 is 0 Å². The third-order valence-corrected chi connectivity index (χ3v) is 9.25. The summed E-state index contributed by atoms with van der Waals surface area (Å²) in [6.07, 6.45) is 5.95. The Morgan fingerprint density at radius 3 is 2.24 bits per heavy atom. The summed E-state index contributed by atoms with van der Waals surface area (Å²) in [7, 11) is 2.30. The summed E-state index contributed by atoms with van der Waals surface area (Å²) < 4.78 is 6.62. The lowest BCUT2D eigenvalue weighted by molar-refractivity contribution is 0.0367. The molecule has 2 bridgehead atoms. The Bertz CT molecular complexity index is 1490. The third kappa shape index (κ3) is 5.89. The number of carbonyl (C=O) groups excluding carboxylic acids is 1. The molecule has 2 fully saturated rings. The number of aromatic nitrogens is 1. The molecule has 6 nitrogen and oxygen atoms in total. The molecule has 220 valence electrons. The van der Waals surface area contributed by atoms with Gasteiger partial charge in [0.05, 0.1) is 11.1 Å². The van der Waals surface area contributed by atoms with Crippen molar-refractivity contribution in [2.45, 2.75) is 63.2 Å². The average Bonchev–Trinajstić information content (AvgIpc) is 3.19. The number of piperidine rings is 1. The largest absolute Gasteiger partial charge is 0.489 e. The zero-order valence-corrected chi connectivity index (χ0v) is 25.3. The fourth-order valence-electron chi connectivity index (χ4n) is 7.21. The molecule has 2 aliphatic rings. The van der Waals surface area contributed by atoms with Crippen molar-refractivity contribution in [1.29, 1.82) is 0 Å². The van der Waals surface area contributed by atoms with E-state index in [0.29, 0.717) is 53.2 Å². The summed E-state index contributed by atoms with van der Waals surface area (Å²) in [6, 6.07) is 30.5. The molecule has 2 aliphatic heterocycles. The molecular formula is C35H41ClN4O2. The highest BCUT2D eigenvalue weighted by Crippen LogP contribution is 2.40. The van der Waals surface area contributed by atoms with Crippen LogP contribution in [0.2, 0.25) is 0 Å². The monoisotopic (exact) mass is 584 g/mol. The van der Waals surface area contributed by atoms with Crippen LogP contribution in [0.15, 0.2) is 84.9 Å². The lowest BCUT2D eigenvalue weighted by Crippen LogP contribution is -2.50. The van der Waals surface area contributed by atoms with Crippen LogP contribution in [0.5, 0.6) is 5.75 Å². The molecule has 0 saturated carbocycles. The number of hydrogen-bond acceptors (Lipinski definition) is 5. The predicted octanol–water partition coefficient (Wildman–Crippen LogP) is 6.88. The van der Waals surface area contributed by atoms with Gasteiger partial charge in [-0.25, -0.2) is 4.98 Å². The maximum atomic E-state index is 12.9. The van der Waals surface area contributed by atoms with Crippen LogP contribution in [0.25, 0.3) is 22.2 Å². The zero-order valence-electron chi connectivity index (χ0n) is 24.5. The molecule has 2 N–H and O–H groups in total. The molecule has 1 aromatic heterocycles. The van der Waals surface area contributed by atoms with E-state index in [0.717, 1.165) is 24.0 Å². The van der Waals surface area contributed by atoms with Crippen molar-refractivity contribution in [3.8, 4) is 17.0 Å². The molecule has 0 spiro atoms. The van der Waals surface area contributed by atoms with Gasteiger partial charge in [-0.05, 0) is 50.8 Å². The maximum Gasteiger partial charge on any atom is 0.253 e. The minimum Gasteiger partial charge on any atom is -0.489 e. The van der Waals surface area contributed by atoms with E-state index in [2.05, 4.69) is 54.1 Å². The lowest BCUT2D eigenvalue weighted by Gasteiger charge is -2.45. The molecule has 3 heterocycles. The summed E-state index contributed by atoms with van der Waals surface area (Å²) >= 11 is 0. The van der Waals surface area contributed by atoms with Gasteiger partial charge in [0.2, 0.25) is 0 Å². The standard InChI is InChI=1S/C35H40N4O2.ClH/c1-3-31(24-12-6-4-7-13-24)39(28-22-26-18-19-27(23-28)38(26)2)20-21-41-34-32(35(36)40)29-16-10-11-17-30(29)37-33(34)25-14-8-5-9-15-25;/h4-17,26-28,31H,3,18-23H2,1-2H3,(H2,36,40);1H/t26-,27-,31-;/m0./s1. The molecule has 3 aromatic carbocycles. The summed E-state index contributed by atoms with van der Waals surface area (Å²) in [6.45, 7) is 3.46. The Morgan fingerprint density at radius 1 is 0.976 bits per heavy atom. The van der Waals surface area contributed by atoms with Gasteiger partial charge < -0.3 is 15.4 Å². The average molecular weight is 585 g/mol. The van der Waals surface area contributed by atoms with Gasteiger partial charge in [-0.2, -0.15) is 0 Å². The fourth-order valence-corrected chi connectivity index (χ4v) is 7.21. The van der Waals surface area contributed by atoms with Crippen LogP contribution < -0.4 is 10.5 Å². The topological polar surface area (TPSA) is 71.7 Å². The molecule has 4 aromatic rings. The number of nitrogens with zero attached hydrogens (tertiary/aromatic N) is 3. The number of primary amides is 1.